The summed E-state index contributed by atoms with van der Waals surface area (Å²) in [5.74, 6) is 0.638. The zero-order chi connectivity index (χ0) is 21.9. The summed E-state index contributed by atoms with van der Waals surface area (Å²) in [5, 5.41) is 37.8. The highest BCUT2D eigenvalue weighted by molar-refractivity contribution is 4.93. The monoisotopic (exact) mass is 433 g/mol. The van der Waals surface area contributed by atoms with E-state index in [-0.39, 0.29) is 13.2 Å². The van der Waals surface area contributed by atoms with E-state index in [4.69, 9.17) is 23.7 Å². The highest BCUT2D eigenvalue weighted by Crippen LogP contribution is 2.22. The third-order valence-electron chi connectivity index (χ3n) is 4.69. The van der Waals surface area contributed by atoms with Crippen molar-refractivity contribution >= 4 is 0 Å². The van der Waals surface area contributed by atoms with Crippen molar-refractivity contribution in [1.82, 2.24) is 15.0 Å². The van der Waals surface area contributed by atoms with Gasteiger partial charge in [0.25, 0.3) is 0 Å². The van der Waals surface area contributed by atoms with E-state index in [0.717, 1.165) is 13.0 Å². The van der Waals surface area contributed by atoms with Gasteiger partial charge < -0.3 is 39.0 Å². The topological polar surface area (TPSA) is 138 Å². The van der Waals surface area contributed by atoms with Gasteiger partial charge in [-0.15, -0.1) is 5.10 Å². The smallest absolute Gasteiger partial charge is 0.186 e. The van der Waals surface area contributed by atoms with Crippen molar-refractivity contribution in [3.05, 3.63) is 11.9 Å². The molecule has 0 amide bonds. The molecule has 1 aromatic rings. The van der Waals surface area contributed by atoms with E-state index in [1.807, 2.05) is 0 Å². The second-order valence-corrected chi connectivity index (χ2v) is 7.64. The van der Waals surface area contributed by atoms with Gasteiger partial charge in [-0.05, 0) is 12.3 Å². The number of aliphatic hydroxyl groups excluding tert-OH is 3. The number of rotatable bonds is 14. The SMILES string of the molecule is CO[C@H]1O[C@H](Cn2cc(COCCOCCOCCC(C)C)nn2)[C@@H](O)[C@@H](O)[C@H]1O. The molecule has 0 radical (unpaired) electrons. The molecule has 1 aliphatic heterocycles. The molecule has 1 aromatic heterocycles. The molecule has 0 saturated carbocycles. The molecule has 11 heteroatoms. The van der Waals surface area contributed by atoms with Gasteiger partial charge in [-0.2, -0.15) is 0 Å². The second-order valence-electron chi connectivity index (χ2n) is 7.64. The summed E-state index contributed by atoms with van der Waals surface area (Å²) in [6, 6.07) is 0. The number of aromatic nitrogens is 3. The van der Waals surface area contributed by atoms with Gasteiger partial charge in [0.1, 0.15) is 30.1 Å². The Balaban J connectivity index is 1.60. The molecule has 174 valence electrons. The van der Waals surface area contributed by atoms with Gasteiger partial charge >= 0.3 is 0 Å². The number of nitrogens with zero attached hydrogens (tertiary/aromatic N) is 3. The molecule has 11 nitrogen and oxygen atoms in total. The van der Waals surface area contributed by atoms with Gasteiger partial charge in [-0.3, -0.25) is 0 Å². The highest BCUT2D eigenvalue weighted by atomic mass is 16.7. The van der Waals surface area contributed by atoms with Crippen LogP contribution in [0.1, 0.15) is 26.0 Å². The summed E-state index contributed by atoms with van der Waals surface area (Å²) in [5.41, 5.74) is 0.612. The lowest BCUT2D eigenvalue weighted by Gasteiger charge is -2.39. The molecule has 0 spiro atoms. The molecule has 1 aliphatic rings. The average Bonchev–Trinajstić information content (AvgIpc) is 3.16. The maximum absolute atomic E-state index is 10.1. The van der Waals surface area contributed by atoms with Crippen molar-refractivity contribution in [1.29, 1.82) is 0 Å². The van der Waals surface area contributed by atoms with Crippen LogP contribution in [0.5, 0.6) is 0 Å². The number of hydrogen-bond acceptors (Lipinski definition) is 10. The highest BCUT2D eigenvalue weighted by Gasteiger charge is 2.44. The standard InChI is InChI=1S/C19H35N3O8/c1-13(2)4-5-27-6-7-28-8-9-29-12-14-10-22(21-20-14)11-15-16(23)17(24)18(25)19(26-3)30-15/h10,13,15-19,23-25H,4-9,11-12H2,1-3H3/t15-,16-,17-,18-,19+/m1/s1. The van der Waals surface area contributed by atoms with E-state index in [2.05, 4.69) is 24.2 Å². The Morgan fingerprint density at radius 3 is 2.33 bits per heavy atom. The average molecular weight is 434 g/mol. The van der Waals surface area contributed by atoms with Crippen LogP contribution in [0, 0.1) is 5.92 Å². The molecule has 2 heterocycles. The van der Waals surface area contributed by atoms with Gasteiger partial charge in [0.2, 0.25) is 0 Å². The summed E-state index contributed by atoms with van der Waals surface area (Å²) in [7, 11) is 1.35. The van der Waals surface area contributed by atoms with Gasteiger partial charge in [0, 0.05) is 13.7 Å². The zero-order valence-corrected chi connectivity index (χ0v) is 17.9. The lowest BCUT2D eigenvalue weighted by Crippen LogP contribution is -2.58. The van der Waals surface area contributed by atoms with Crippen LogP contribution in [-0.2, 0) is 36.8 Å². The van der Waals surface area contributed by atoms with Crippen LogP contribution in [0.4, 0.5) is 0 Å². The van der Waals surface area contributed by atoms with E-state index < -0.39 is 30.7 Å². The number of aliphatic hydroxyl groups is 3. The minimum absolute atomic E-state index is 0.137. The fraction of sp³-hybridized carbons (Fsp3) is 0.895. The maximum atomic E-state index is 10.1. The Labute approximate surface area is 176 Å². The first-order valence-corrected chi connectivity index (χ1v) is 10.3. The summed E-state index contributed by atoms with van der Waals surface area (Å²) in [6.45, 7) is 7.47. The van der Waals surface area contributed by atoms with E-state index in [9.17, 15) is 15.3 Å². The molecular formula is C19H35N3O8. The Morgan fingerprint density at radius 2 is 1.67 bits per heavy atom. The zero-order valence-electron chi connectivity index (χ0n) is 17.9. The lowest BCUT2D eigenvalue weighted by molar-refractivity contribution is -0.292. The van der Waals surface area contributed by atoms with E-state index in [1.54, 1.807) is 6.20 Å². The van der Waals surface area contributed by atoms with Gasteiger partial charge in [0.05, 0.1) is 45.8 Å². The maximum Gasteiger partial charge on any atom is 0.186 e. The molecule has 5 atom stereocenters. The molecular weight excluding hydrogens is 398 g/mol. The van der Waals surface area contributed by atoms with Crippen LogP contribution >= 0.6 is 0 Å². The van der Waals surface area contributed by atoms with Crippen LogP contribution in [0.3, 0.4) is 0 Å². The summed E-state index contributed by atoms with van der Waals surface area (Å²) < 4.78 is 28.4. The van der Waals surface area contributed by atoms with Crippen molar-refractivity contribution in [3.8, 4) is 0 Å². The number of hydrogen-bond donors (Lipinski definition) is 3. The first-order valence-electron chi connectivity index (χ1n) is 10.3. The number of methoxy groups -OCH3 is 1. The lowest BCUT2D eigenvalue weighted by atomic mass is 9.99. The molecule has 2 rings (SSSR count). The quantitative estimate of drug-likeness (QED) is 0.324. The second kappa shape index (κ2) is 13.3. The fourth-order valence-electron chi connectivity index (χ4n) is 2.88. The Kier molecular flexibility index (Phi) is 11.1. The molecule has 1 fully saturated rings. The normalized spacial score (nSPS) is 27.1. The third-order valence-corrected chi connectivity index (χ3v) is 4.69. The Morgan fingerprint density at radius 1 is 1.00 bits per heavy atom. The third kappa shape index (κ3) is 8.16. The molecule has 0 aliphatic carbocycles. The van der Waals surface area contributed by atoms with Crippen LogP contribution in [0.15, 0.2) is 6.20 Å². The summed E-state index contributed by atoms with van der Waals surface area (Å²) in [4.78, 5) is 0. The van der Waals surface area contributed by atoms with Crippen LogP contribution in [0.2, 0.25) is 0 Å². The Hall–Kier alpha value is -1.18. The van der Waals surface area contributed by atoms with Crippen molar-refractivity contribution in [2.45, 2.75) is 64.1 Å². The van der Waals surface area contributed by atoms with Crippen LogP contribution in [0.25, 0.3) is 0 Å². The minimum atomic E-state index is -1.37. The van der Waals surface area contributed by atoms with Crippen LogP contribution in [-0.4, -0.2) is 101 Å². The molecule has 0 bridgehead atoms. The van der Waals surface area contributed by atoms with Gasteiger partial charge in [0.15, 0.2) is 6.29 Å². The molecule has 1 saturated heterocycles. The van der Waals surface area contributed by atoms with Crippen molar-refractivity contribution in [3.63, 3.8) is 0 Å². The molecule has 30 heavy (non-hydrogen) atoms. The van der Waals surface area contributed by atoms with E-state index in [0.29, 0.717) is 38.0 Å². The fourth-order valence-corrected chi connectivity index (χ4v) is 2.88. The first kappa shape index (κ1) is 25.1. The first-order chi connectivity index (χ1) is 14.4. The van der Waals surface area contributed by atoms with Gasteiger partial charge in [-0.25, -0.2) is 4.68 Å². The molecule has 0 unspecified atom stereocenters. The molecule has 3 N–H and O–H groups in total. The van der Waals surface area contributed by atoms with Crippen molar-refractivity contribution in [2.75, 3.05) is 40.1 Å². The van der Waals surface area contributed by atoms with Crippen LogP contribution < -0.4 is 0 Å². The largest absolute Gasteiger partial charge is 0.388 e. The Bertz CT molecular complexity index is 586. The predicted molar refractivity (Wildman–Crippen MR) is 104 cm³/mol. The summed E-state index contributed by atoms with van der Waals surface area (Å²) >= 11 is 0. The summed E-state index contributed by atoms with van der Waals surface area (Å²) in [6.07, 6.45) is -3.10. The van der Waals surface area contributed by atoms with E-state index in [1.165, 1.54) is 11.8 Å². The molecule has 0 aromatic carbocycles. The van der Waals surface area contributed by atoms with Crippen molar-refractivity contribution in [2.24, 2.45) is 5.92 Å². The van der Waals surface area contributed by atoms with E-state index >= 15 is 0 Å². The van der Waals surface area contributed by atoms with Crippen molar-refractivity contribution < 1.29 is 39.0 Å². The van der Waals surface area contributed by atoms with Gasteiger partial charge in [-0.1, -0.05) is 19.1 Å². The predicted octanol–water partition coefficient (Wildman–Crippen LogP) is -0.672. The number of ether oxygens (including phenoxy) is 5. The minimum Gasteiger partial charge on any atom is -0.388 e.